The first-order valence-corrected chi connectivity index (χ1v) is 10.2. The smallest absolute Gasteiger partial charge is 0.266 e. The van der Waals surface area contributed by atoms with Crippen molar-refractivity contribution in [3.8, 4) is 17.5 Å². The van der Waals surface area contributed by atoms with Gasteiger partial charge in [-0.3, -0.25) is 4.79 Å². The van der Waals surface area contributed by atoms with Gasteiger partial charge in [-0.25, -0.2) is 0 Å². The van der Waals surface area contributed by atoms with E-state index >= 15 is 0 Å². The average molecular weight is 485 g/mol. The van der Waals surface area contributed by atoms with E-state index in [0.29, 0.717) is 16.5 Å². The zero-order chi connectivity index (χ0) is 21.8. The lowest BCUT2D eigenvalue weighted by Gasteiger charge is -2.11. The number of amides is 1. The Morgan fingerprint density at radius 3 is 2.67 bits per heavy atom. The van der Waals surface area contributed by atoms with Crippen molar-refractivity contribution in [1.82, 2.24) is 4.57 Å². The molecular weight excluding hydrogens is 466 g/mol. The molecule has 0 aliphatic carbocycles. The summed E-state index contributed by atoms with van der Waals surface area (Å²) >= 11 is 9.64. The molecule has 3 aromatic rings. The lowest BCUT2D eigenvalue weighted by atomic mass is 10.1. The highest BCUT2D eigenvalue weighted by Crippen LogP contribution is 2.28. The van der Waals surface area contributed by atoms with Gasteiger partial charge in [0.05, 0.1) is 12.1 Å². The normalized spacial score (nSPS) is 11.1. The summed E-state index contributed by atoms with van der Waals surface area (Å²) in [5.74, 6) is 0.134. The van der Waals surface area contributed by atoms with E-state index < -0.39 is 5.91 Å². The standard InChI is InChI=1S/C23H19BrClN3O2/c1-14-9-16(15(2)28(14)19-7-8-21(24)22(25)12-19)10-17(13-26)23(29)27-18-5-4-6-20(11-18)30-3/h4-12H,1-3H3,(H,27,29). The molecule has 30 heavy (non-hydrogen) atoms. The van der Waals surface area contributed by atoms with Crippen molar-refractivity contribution in [3.63, 3.8) is 0 Å². The van der Waals surface area contributed by atoms with E-state index in [-0.39, 0.29) is 5.57 Å². The fourth-order valence-electron chi connectivity index (χ4n) is 3.16. The third-order valence-corrected chi connectivity index (χ3v) is 5.86. The molecule has 1 heterocycles. The van der Waals surface area contributed by atoms with Crippen LogP contribution in [0.5, 0.6) is 5.75 Å². The Morgan fingerprint density at radius 2 is 2.00 bits per heavy atom. The summed E-state index contributed by atoms with van der Waals surface area (Å²) in [5, 5.41) is 12.9. The molecule has 5 nitrogen and oxygen atoms in total. The van der Waals surface area contributed by atoms with Gasteiger partial charge in [0, 0.05) is 33.3 Å². The van der Waals surface area contributed by atoms with Crippen LogP contribution < -0.4 is 10.1 Å². The Balaban J connectivity index is 1.93. The van der Waals surface area contributed by atoms with Crippen LogP contribution in [0.3, 0.4) is 0 Å². The van der Waals surface area contributed by atoms with Crippen LogP contribution in [0.2, 0.25) is 5.02 Å². The number of hydrogen-bond donors (Lipinski definition) is 1. The number of carbonyl (C=O) groups is 1. The van der Waals surface area contributed by atoms with E-state index in [2.05, 4.69) is 21.2 Å². The summed E-state index contributed by atoms with van der Waals surface area (Å²) in [5.41, 5.74) is 4.10. The van der Waals surface area contributed by atoms with E-state index in [0.717, 1.165) is 27.1 Å². The number of nitrogens with one attached hydrogen (secondary N) is 1. The summed E-state index contributed by atoms with van der Waals surface area (Å²) in [4.78, 5) is 12.6. The second kappa shape index (κ2) is 9.21. The first-order valence-electron chi connectivity index (χ1n) is 9.05. The number of anilines is 1. The van der Waals surface area contributed by atoms with E-state index in [1.165, 1.54) is 0 Å². The second-order valence-corrected chi connectivity index (χ2v) is 7.88. The maximum Gasteiger partial charge on any atom is 0.266 e. The summed E-state index contributed by atoms with van der Waals surface area (Å²) < 4.78 is 8.01. The maximum absolute atomic E-state index is 12.6. The molecule has 3 rings (SSSR count). The molecule has 0 radical (unpaired) electrons. The SMILES string of the molecule is COc1cccc(NC(=O)C(C#N)=Cc2cc(C)n(-c3ccc(Br)c(Cl)c3)c2C)c1. The quantitative estimate of drug-likeness (QED) is 0.353. The van der Waals surface area contributed by atoms with Crippen LogP contribution in [-0.4, -0.2) is 17.6 Å². The minimum atomic E-state index is -0.484. The number of benzene rings is 2. The van der Waals surface area contributed by atoms with Gasteiger partial charge in [0.1, 0.15) is 17.4 Å². The van der Waals surface area contributed by atoms with Gasteiger partial charge >= 0.3 is 0 Å². The lowest BCUT2D eigenvalue weighted by molar-refractivity contribution is -0.112. The Kier molecular flexibility index (Phi) is 6.66. The molecule has 152 valence electrons. The van der Waals surface area contributed by atoms with E-state index in [1.807, 2.05) is 48.7 Å². The minimum absolute atomic E-state index is 0.00640. The predicted molar refractivity (Wildman–Crippen MR) is 123 cm³/mol. The maximum atomic E-state index is 12.6. The van der Waals surface area contributed by atoms with Gasteiger partial charge in [0.15, 0.2) is 0 Å². The van der Waals surface area contributed by atoms with Crippen LogP contribution in [-0.2, 0) is 4.79 Å². The van der Waals surface area contributed by atoms with Crippen LogP contribution >= 0.6 is 27.5 Å². The molecule has 0 bridgehead atoms. The number of aryl methyl sites for hydroxylation is 1. The first kappa shape index (κ1) is 21.7. The Morgan fingerprint density at radius 1 is 1.23 bits per heavy atom. The van der Waals surface area contributed by atoms with Crippen molar-refractivity contribution < 1.29 is 9.53 Å². The summed E-state index contributed by atoms with van der Waals surface area (Å²) in [6.07, 6.45) is 1.59. The number of methoxy groups -OCH3 is 1. The van der Waals surface area contributed by atoms with Gasteiger partial charge in [-0.05, 0) is 77.8 Å². The summed E-state index contributed by atoms with van der Waals surface area (Å²) in [6.45, 7) is 3.90. The Hall–Kier alpha value is -3.01. The monoisotopic (exact) mass is 483 g/mol. The number of carbonyl (C=O) groups excluding carboxylic acids is 1. The topological polar surface area (TPSA) is 67.0 Å². The number of nitrogens with zero attached hydrogens (tertiary/aromatic N) is 2. The van der Waals surface area contributed by atoms with Gasteiger partial charge in [-0.15, -0.1) is 0 Å². The van der Waals surface area contributed by atoms with Gasteiger partial charge < -0.3 is 14.6 Å². The molecule has 0 fully saturated rings. The van der Waals surface area contributed by atoms with Crippen molar-refractivity contribution >= 4 is 45.2 Å². The van der Waals surface area contributed by atoms with Crippen LogP contribution in [0.1, 0.15) is 17.0 Å². The Bertz CT molecular complexity index is 1190. The number of ether oxygens (including phenoxy) is 1. The average Bonchev–Trinajstić information content (AvgIpc) is 3.01. The van der Waals surface area contributed by atoms with Crippen LogP contribution in [0.25, 0.3) is 11.8 Å². The highest BCUT2D eigenvalue weighted by atomic mass is 79.9. The van der Waals surface area contributed by atoms with Gasteiger partial charge in [-0.1, -0.05) is 17.7 Å². The van der Waals surface area contributed by atoms with Crippen molar-refractivity contribution in [2.24, 2.45) is 0 Å². The summed E-state index contributed by atoms with van der Waals surface area (Å²) in [6, 6.07) is 16.6. The number of nitriles is 1. The van der Waals surface area contributed by atoms with Gasteiger partial charge in [0.2, 0.25) is 0 Å². The van der Waals surface area contributed by atoms with Gasteiger partial charge in [-0.2, -0.15) is 5.26 Å². The number of halogens is 2. The van der Waals surface area contributed by atoms with Crippen LogP contribution in [0.4, 0.5) is 5.69 Å². The largest absolute Gasteiger partial charge is 0.497 e. The molecule has 7 heteroatoms. The first-order chi connectivity index (χ1) is 14.3. The molecule has 1 amide bonds. The fraction of sp³-hybridized carbons (Fsp3) is 0.130. The van der Waals surface area contributed by atoms with Crippen LogP contribution in [0, 0.1) is 25.2 Å². The van der Waals surface area contributed by atoms with Crippen molar-refractivity contribution in [3.05, 3.63) is 80.6 Å². The van der Waals surface area contributed by atoms with Crippen LogP contribution in [0.15, 0.2) is 58.6 Å². The molecule has 0 unspecified atom stereocenters. The lowest BCUT2D eigenvalue weighted by Crippen LogP contribution is -2.13. The van der Waals surface area contributed by atoms with E-state index in [1.54, 1.807) is 37.5 Å². The zero-order valence-corrected chi connectivity index (χ0v) is 19.0. The molecule has 0 saturated carbocycles. The predicted octanol–water partition coefficient (Wildman–Crippen LogP) is 6.06. The number of aromatic nitrogens is 1. The minimum Gasteiger partial charge on any atom is -0.497 e. The molecule has 0 saturated heterocycles. The number of hydrogen-bond acceptors (Lipinski definition) is 3. The molecular formula is C23H19BrClN3O2. The van der Waals surface area contributed by atoms with Crippen molar-refractivity contribution in [1.29, 1.82) is 5.26 Å². The molecule has 1 N–H and O–H groups in total. The van der Waals surface area contributed by atoms with Crippen molar-refractivity contribution in [2.75, 3.05) is 12.4 Å². The zero-order valence-electron chi connectivity index (χ0n) is 16.7. The second-order valence-electron chi connectivity index (χ2n) is 6.62. The van der Waals surface area contributed by atoms with Crippen molar-refractivity contribution in [2.45, 2.75) is 13.8 Å². The number of rotatable bonds is 5. The van der Waals surface area contributed by atoms with Gasteiger partial charge in [0.25, 0.3) is 5.91 Å². The third kappa shape index (κ3) is 4.59. The molecule has 0 atom stereocenters. The van der Waals surface area contributed by atoms with E-state index in [4.69, 9.17) is 16.3 Å². The third-order valence-electron chi connectivity index (χ3n) is 4.62. The molecule has 2 aromatic carbocycles. The van der Waals surface area contributed by atoms with E-state index in [9.17, 15) is 10.1 Å². The molecule has 0 aliphatic heterocycles. The highest BCUT2D eigenvalue weighted by molar-refractivity contribution is 9.10. The molecule has 1 aromatic heterocycles. The summed E-state index contributed by atoms with van der Waals surface area (Å²) in [7, 11) is 1.55. The molecule has 0 aliphatic rings. The fourth-order valence-corrected chi connectivity index (χ4v) is 3.58. The Labute approximate surface area is 188 Å². The molecule has 0 spiro atoms. The highest BCUT2D eigenvalue weighted by Gasteiger charge is 2.15.